The normalized spacial score (nSPS) is 11.6. The molecule has 56 heavy (non-hydrogen) atoms. The first-order chi connectivity index (χ1) is 27.8. The molecule has 0 aliphatic heterocycles. The number of benzene rings is 6. The van der Waals surface area contributed by atoms with Crippen LogP contribution in [0, 0.1) is 0 Å². The van der Waals surface area contributed by atoms with Crippen molar-refractivity contribution < 1.29 is 0 Å². The van der Waals surface area contributed by atoms with Crippen molar-refractivity contribution in [2.45, 2.75) is 0 Å². The van der Waals surface area contributed by atoms with Crippen molar-refractivity contribution in [1.29, 1.82) is 0 Å². The van der Waals surface area contributed by atoms with Gasteiger partial charge in [-0.15, -0.1) is 0 Å². The van der Waals surface area contributed by atoms with Gasteiger partial charge in [0.15, 0.2) is 0 Å². The van der Waals surface area contributed by atoms with E-state index in [1.807, 2.05) is 48.8 Å². The molecule has 0 saturated carbocycles. The molecule has 0 N–H and O–H groups in total. The van der Waals surface area contributed by atoms with E-state index in [4.69, 9.17) is 15.0 Å². The van der Waals surface area contributed by atoms with Gasteiger partial charge in [0, 0.05) is 39.7 Å². The molecule has 0 aliphatic rings. The van der Waals surface area contributed by atoms with Gasteiger partial charge in [0.2, 0.25) is 0 Å². The second kappa shape index (κ2) is 13.0. The summed E-state index contributed by atoms with van der Waals surface area (Å²) < 4.78 is 0. The Labute approximate surface area is 322 Å². The highest BCUT2D eigenvalue weighted by Crippen LogP contribution is 2.45. The predicted molar refractivity (Wildman–Crippen MR) is 230 cm³/mol. The average molecular weight is 714 g/mol. The molecule has 0 spiro atoms. The lowest BCUT2D eigenvalue weighted by Crippen LogP contribution is -1.97. The van der Waals surface area contributed by atoms with Crippen LogP contribution in [0.25, 0.3) is 111 Å². The van der Waals surface area contributed by atoms with E-state index < -0.39 is 0 Å². The summed E-state index contributed by atoms with van der Waals surface area (Å²) in [7, 11) is 0. The molecule has 5 heterocycles. The Morgan fingerprint density at radius 1 is 0.286 bits per heavy atom. The third-order valence-corrected chi connectivity index (χ3v) is 10.7. The molecule has 0 amide bonds. The number of rotatable bonds is 5. The average Bonchev–Trinajstić information content (AvgIpc) is 3.28. The Hall–Kier alpha value is -7.63. The van der Waals surface area contributed by atoms with Crippen molar-refractivity contribution in [2.75, 3.05) is 0 Å². The Balaban J connectivity index is 1.19. The summed E-state index contributed by atoms with van der Waals surface area (Å²) in [5.74, 6) is 0. The van der Waals surface area contributed by atoms with Crippen LogP contribution in [0.5, 0.6) is 0 Å². The minimum atomic E-state index is 0.791. The maximum absolute atomic E-state index is 5.54. The molecule has 6 aromatic carbocycles. The number of nitrogens with zero attached hydrogens (tertiary/aromatic N) is 5. The van der Waals surface area contributed by atoms with Crippen LogP contribution in [0.2, 0.25) is 0 Å². The van der Waals surface area contributed by atoms with Crippen molar-refractivity contribution in [3.8, 4) is 56.3 Å². The lowest BCUT2D eigenvalue weighted by atomic mass is 9.86. The van der Waals surface area contributed by atoms with Crippen molar-refractivity contribution >= 4 is 54.3 Å². The highest BCUT2D eigenvalue weighted by molar-refractivity contribution is 6.22. The molecule has 5 nitrogen and oxygen atoms in total. The molecule has 260 valence electrons. The first-order valence-corrected chi connectivity index (χ1v) is 18.8. The standard InChI is InChI=1S/C51H31N5/c1-2-14-32(15-3-1)47-39-20-8-9-21-41(39)55-51-40(47)26-24-33-25-27-44(56-50(33)51)49-37-18-6-4-16-35(37)48(36-17-5-7-19-38(36)49)34-30-45(42-22-10-12-28-52-42)54-46(31-34)43-23-11-13-29-53-43/h1-31H. The summed E-state index contributed by atoms with van der Waals surface area (Å²) in [6.45, 7) is 0. The zero-order valence-corrected chi connectivity index (χ0v) is 30.1. The van der Waals surface area contributed by atoms with E-state index in [0.717, 1.165) is 105 Å². The minimum Gasteiger partial charge on any atom is -0.255 e. The van der Waals surface area contributed by atoms with E-state index in [2.05, 4.69) is 149 Å². The molecular formula is C51H31N5. The maximum atomic E-state index is 5.54. The molecule has 0 bridgehead atoms. The number of fused-ring (bicyclic) bond motifs is 6. The lowest BCUT2D eigenvalue weighted by Gasteiger charge is -2.19. The molecule has 5 aromatic heterocycles. The molecule has 0 radical (unpaired) electrons. The summed E-state index contributed by atoms with van der Waals surface area (Å²) in [5, 5.41) is 7.75. The molecule has 0 saturated heterocycles. The van der Waals surface area contributed by atoms with E-state index in [-0.39, 0.29) is 0 Å². The zero-order valence-electron chi connectivity index (χ0n) is 30.1. The van der Waals surface area contributed by atoms with Gasteiger partial charge < -0.3 is 0 Å². The van der Waals surface area contributed by atoms with Gasteiger partial charge in [0.25, 0.3) is 0 Å². The van der Waals surface area contributed by atoms with Crippen molar-refractivity contribution in [1.82, 2.24) is 24.9 Å². The monoisotopic (exact) mass is 713 g/mol. The van der Waals surface area contributed by atoms with Crippen molar-refractivity contribution in [3.63, 3.8) is 0 Å². The van der Waals surface area contributed by atoms with Gasteiger partial charge in [-0.2, -0.15) is 0 Å². The van der Waals surface area contributed by atoms with Gasteiger partial charge in [-0.25, -0.2) is 15.0 Å². The van der Waals surface area contributed by atoms with Gasteiger partial charge in [-0.3, -0.25) is 9.97 Å². The first-order valence-electron chi connectivity index (χ1n) is 18.8. The Bertz CT molecular complexity index is 3180. The van der Waals surface area contributed by atoms with Crippen LogP contribution >= 0.6 is 0 Å². The van der Waals surface area contributed by atoms with Crippen LogP contribution in [-0.2, 0) is 0 Å². The van der Waals surface area contributed by atoms with Crippen molar-refractivity contribution in [3.05, 3.63) is 188 Å². The van der Waals surface area contributed by atoms with E-state index in [1.54, 1.807) is 0 Å². The van der Waals surface area contributed by atoms with Gasteiger partial charge in [-0.1, -0.05) is 127 Å². The third-order valence-electron chi connectivity index (χ3n) is 10.7. The molecular weight excluding hydrogens is 683 g/mol. The van der Waals surface area contributed by atoms with Gasteiger partial charge >= 0.3 is 0 Å². The molecule has 5 heteroatoms. The summed E-state index contributed by atoms with van der Waals surface area (Å²) in [4.78, 5) is 25.3. The van der Waals surface area contributed by atoms with Crippen LogP contribution in [0.1, 0.15) is 0 Å². The largest absolute Gasteiger partial charge is 0.255 e. The topological polar surface area (TPSA) is 64.5 Å². The van der Waals surface area contributed by atoms with Crippen LogP contribution in [0.4, 0.5) is 0 Å². The maximum Gasteiger partial charge on any atom is 0.0978 e. The summed E-state index contributed by atoms with van der Waals surface area (Å²) >= 11 is 0. The van der Waals surface area contributed by atoms with E-state index in [0.29, 0.717) is 0 Å². The summed E-state index contributed by atoms with van der Waals surface area (Å²) in [6, 6.07) is 61.3. The number of aromatic nitrogens is 5. The van der Waals surface area contributed by atoms with Crippen LogP contribution in [0.15, 0.2) is 188 Å². The van der Waals surface area contributed by atoms with E-state index in [9.17, 15) is 0 Å². The zero-order chi connectivity index (χ0) is 37.0. The van der Waals surface area contributed by atoms with Crippen LogP contribution in [0.3, 0.4) is 0 Å². The Morgan fingerprint density at radius 3 is 1.45 bits per heavy atom. The summed E-state index contributed by atoms with van der Waals surface area (Å²) in [6.07, 6.45) is 3.62. The highest BCUT2D eigenvalue weighted by Gasteiger charge is 2.21. The SMILES string of the molecule is c1ccc(-c2c3ccccc3nc3c2ccc2ccc(-c4c5ccccc5c(-c5cc(-c6ccccn6)nc(-c6ccccn6)c5)c5ccccc45)nc23)cc1. The molecule has 0 unspecified atom stereocenters. The molecule has 0 fully saturated rings. The van der Waals surface area contributed by atoms with Crippen LogP contribution in [-0.4, -0.2) is 24.9 Å². The Morgan fingerprint density at radius 2 is 0.821 bits per heavy atom. The lowest BCUT2D eigenvalue weighted by molar-refractivity contribution is 1.22. The highest BCUT2D eigenvalue weighted by atomic mass is 14.8. The van der Waals surface area contributed by atoms with Gasteiger partial charge in [0.1, 0.15) is 0 Å². The molecule has 11 aromatic rings. The molecule has 0 atom stereocenters. The fraction of sp³-hybridized carbons (Fsp3) is 0. The number of para-hydroxylation sites is 1. The van der Waals surface area contributed by atoms with Gasteiger partial charge in [-0.05, 0) is 86.8 Å². The second-order valence-electron chi connectivity index (χ2n) is 14.0. The number of pyridine rings is 5. The van der Waals surface area contributed by atoms with Gasteiger partial charge in [0.05, 0.1) is 45.0 Å². The quantitative estimate of drug-likeness (QED) is 0.131. The van der Waals surface area contributed by atoms with E-state index >= 15 is 0 Å². The fourth-order valence-electron chi connectivity index (χ4n) is 8.27. The smallest absolute Gasteiger partial charge is 0.0978 e. The molecule has 0 aliphatic carbocycles. The number of hydrogen-bond donors (Lipinski definition) is 0. The predicted octanol–water partition coefficient (Wildman–Crippen LogP) is 12.8. The second-order valence-corrected chi connectivity index (χ2v) is 14.0. The minimum absolute atomic E-state index is 0.791. The fourth-order valence-corrected chi connectivity index (χ4v) is 8.27. The molecule has 11 rings (SSSR count). The van der Waals surface area contributed by atoms with Crippen LogP contribution < -0.4 is 0 Å². The van der Waals surface area contributed by atoms with E-state index in [1.165, 1.54) is 5.56 Å². The third kappa shape index (κ3) is 5.21. The summed E-state index contributed by atoms with van der Waals surface area (Å²) in [5.41, 5.74) is 12.4. The van der Waals surface area contributed by atoms with Crippen molar-refractivity contribution in [2.24, 2.45) is 0 Å². The first kappa shape index (κ1) is 31.9. The Kier molecular flexibility index (Phi) is 7.42. The number of hydrogen-bond acceptors (Lipinski definition) is 5.